The molecule has 8 nitrogen and oxygen atoms in total. The highest BCUT2D eigenvalue weighted by Gasteiger charge is 2.20. The Balaban J connectivity index is 1.56. The Hall–Kier alpha value is -2.68. The van der Waals surface area contributed by atoms with Gasteiger partial charge in [0.05, 0.1) is 12.9 Å². The summed E-state index contributed by atoms with van der Waals surface area (Å²) in [6, 6.07) is 7.29. The first-order valence-electron chi connectivity index (χ1n) is 9.70. The third kappa shape index (κ3) is 5.44. The molecular formula is C20H27N5O3S. The highest BCUT2D eigenvalue weighted by molar-refractivity contribution is 7.99. The lowest BCUT2D eigenvalue weighted by molar-refractivity contribution is -0.126. The van der Waals surface area contributed by atoms with Crippen LogP contribution in [0.1, 0.15) is 38.4 Å². The molecule has 0 unspecified atom stereocenters. The number of amides is 1. The number of carbonyl (C=O) groups excluding carboxylic acids is 1. The van der Waals surface area contributed by atoms with Crippen LogP contribution in [0, 0.1) is 0 Å². The quantitative estimate of drug-likeness (QED) is 0.495. The molecule has 1 aliphatic carbocycles. The molecule has 3 rings (SSSR count). The molecule has 1 amide bonds. The summed E-state index contributed by atoms with van der Waals surface area (Å²) in [7, 11) is 1.60. The largest absolute Gasteiger partial charge is 0.497 e. The van der Waals surface area contributed by atoms with Crippen molar-refractivity contribution < 1.29 is 14.3 Å². The van der Waals surface area contributed by atoms with Crippen molar-refractivity contribution >= 4 is 17.7 Å². The first-order chi connectivity index (χ1) is 14.1. The van der Waals surface area contributed by atoms with E-state index < -0.39 is 0 Å². The zero-order valence-corrected chi connectivity index (χ0v) is 17.7. The van der Waals surface area contributed by atoms with E-state index in [4.69, 9.17) is 15.3 Å². The number of allylic oxidation sites excluding steroid dienone is 2. The van der Waals surface area contributed by atoms with Crippen molar-refractivity contribution in [1.29, 1.82) is 0 Å². The van der Waals surface area contributed by atoms with E-state index in [-0.39, 0.29) is 18.3 Å². The smallest absolute Gasteiger partial charge is 0.237 e. The Morgan fingerprint density at radius 1 is 1.31 bits per heavy atom. The molecule has 9 heteroatoms. The number of thioether (sulfide) groups is 1. The van der Waals surface area contributed by atoms with Crippen molar-refractivity contribution in [1.82, 2.24) is 19.8 Å². The van der Waals surface area contributed by atoms with E-state index >= 15 is 0 Å². The number of hydrogen-bond donors (Lipinski definition) is 1. The zero-order valence-electron chi connectivity index (χ0n) is 16.8. The van der Waals surface area contributed by atoms with E-state index in [0.717, 1.165) is 25.0 Å². The fourth-order valence-electron chi connectivity index (χ4n) is 3.15. The first kappa shape index (κ1) is 21.0. The lowest BCUT2D eigenvalue weighted by Gasteiger charge is -2.26. The Bertz CT molecular complexity index is 868. The fraction of sp³-hybridized carbons (Fsp3) is 0.450. The second kappa shape index (κ2) is 10.2. The van der Waals surface area contributed by atoms with Gasteiger partial charge in [-0.3, -0.25) is 4.79 Å². The van der Waals surface area contributed by atoms with E-state index in [0.29, 0.717) is 29.0 Å². The van der Waals surface area contributed by atoms with Crippen LogP contribution in [0.2, 0.25) is 0 Å². The van der Waals surface area contributed by atoms with Crippen molar-refractivity contribution in [2.45, 2.75) is 44.4 Å². The summed E-state index contributed by atoms with van der Waals surface area (Å²) in [5.74, 6) is 8.24. The summed E-state index contributed by atoms with van der Waals surface area (Å²) in [5.41, 5.74) is 1.13. The molecule has 0 saturated heterocycles. The van der Waals surface area contributed by atoms with Gasteiger partial charge in [0.2, 0.25) is 11.1 Å². The summed E-state index contributed by atoms with van der Waals surface area (Å²) in [6.07, 6.45) is 6.51. The van der Waals surface area contributed by atoms with E-state index in [1.54, 1.807) is 13.2 Å². The van der Waals surface area contributed by atoms with Crippen LogP contribution in [0.5, 0.6) is 11.5 Å². The van der Waals surface area contributed by atoms with Crippen LogP contribution in [0.15, 0.2) is 41.2 Å². The van der Waals surface area contributed by atoms with Gasteiger partial charge in [-0.25, -0.2) is 4.68 Å². The molecule has 0 bridgehead atoms. The number of nitrogen functional groups attached to an aromatic ring is 1. The summed E-state index contributed by atoms with van der Waals surface area (Å²) in [5, 5.41) is 8.66. The molecule has 1 aromatic heterocycles. The van der Waals surface area contributed by atoms with Crippen LogP contribution in [0.3, 0.4) is 0 Å². The molecule has 1 aromatic carbocycles. The minimum Gasteiger partial charge on any atom is -0.497 e. The first-order valence-corrected chi connectivity index (χ1v) is 10.7. The maximum atomic E-state index is 12.7. The molecule has 0 spiro atoms. The number of rotatable bonds is 9. The van der Waals surface area contributed by atoms with Gasteiger partial charge >= 0.3 is 0 Å². The van der Waals surface area contributed by atoms with Crippen LogP contribution in [0.4, 0.5) is 0 Å². The van der Waals surface area contributed by atoms with Gasteiger partial charge in [0.15, 0.2) is 5.82 Å². The number of methoxy groups -OCH3 is 1. The summed E-state index contributed by atoms with van der Waals surface area (Å²) < 4.78 is 12.3. The third-order valence-corrected chi connectivity index (χ3v) is 5.63. The number of ether oxygens (including phenoxy) is 2. The molecule has 0 aliphatic heterocycles. The van der Waals surface area contributed by atoms with Gasteiger partial charge in [-0.2, -0.15) is 0 Å². The molecular weight excluding hydrogens is 390 g/mol. The maximum absolute atomic E-state index is 12.7. The number of hydrogen-bond acceptors (Lipinski definition) is 7. The van der Waals surface area contributed by atoms with Gasteiger partial charge in [0, 0.05) is 18.3 Å². The van der Waals surface area contributed by atoms with Crippen LogP contribution in [0.25, 0.3) is 0 Å². The van der Waals surface area contributed by atoms with Crippen molar-refractivity contribution in [3.8, 4) is 11.5 Å². The van der Waals surface area contributed by atoms with Gasteiger partial charge in [0.1, 0.15) is 18.1 Å². The number of nitrogens with two attached hydrogens (primary N) is 1. The SMILES string of the molecule is CCN(C(=O)CSc1nnc(COc2cccc(OC)c2)n1N)C1=CCCCC1. The Morgan fingerprint density at radius 2 is 2.14 bits per heavy atom. The minimum absolute atomic E-state index is 0.0582. The molecule has 1 aliphatic rings. The topological polar surface area (TPSA) is 95.5 Å². The lowest BCUT2D eigenvalue weighted by atomic mass is 10.0. The molecule has 1 heterocycles. The van der Waals surface area contributed by atoms with Crippen molar-refractivity contribution in [3.05, 3.63) is 41.9 Å². The Labute approximate surface area is 175 Å². The Kier molecular flexibility index (Phi) is 7.40. The summed E-state index contributed by atoms with van der Waals surface area (Å²) in [4.78, 5) is 14.5. The minimum atomic E-state index is 0.0582. The predicted octanol–water partition coefficient (Wildman–Crippen LogP) is 2.98. The fourth-order valence-corrected chi connectivity index (χ4v) is 3.90. The van der Waals surface area contributed by atoms with Crippen LogP contribution in [-0.2, 0) is 11.4 Å². The predicted molar refractivity (Wildman–Crippen MR) is 112 cm³/mol. The summed E-state index contributed by atoms with van der Waals surface area (Å²) in [6.45, 7) is 2.83. The highest BCUT2D eigenvalue weighted by atomic mass is 32.2. The lowest BCUT2D eigenvalue weighted by Crippen LogP contribution is -2.32. The van der Waals surface area contributed by atoms with Crippen molar-refractivity contribution in [2.24, 2.45) is 0 Å². The molecule has 0 radical (unpaired) electrons. The van der Waals surface area contributed by atoms with Gasteiger partial charge in [-0.1, -0.05) is 23.9 Å². The Morgan fingerprint density at radius 3 is 2.86 bits per heavy atom. The third-order valence-electron chi connectivity index (χ3n) is 4.70. The van der Waals surface area contributed by atoms with Crippen molar-refractivity contribution in [3.63, 3.8) is 0 Å². The molecule has 29 heavy (non-hydrogen) atoms. The average molecular weight is 418 g/mol. The number of carbonyl (C=O) groups is 1. The van der Waals surface area contributed by atoms with E-state index in [1.165, 1.54) is 22.9 Å². The summed E-state index contributed by atoms with van der Waals surface area (Å²) >= 11 is 1.28. The van der Waals surface area contributed by atoms with Crippen LogP contribution in [-0.4, -0.2) is 45.1 Å². The molecule has 0 fully saturated rings. The van der Waals surface area contributed by atoms with Crippen LogP contribution >= 0.6 is 11.8 Å². The maximum Gasteiger partial charge on any atom is 0.237 e. The number of nitrogens with zero attached hydrogens (tertiary/aromatic N) is 4. The standard InChI is InChI=1S/C20H27N5O3S/c1-3-24(15-8-5-4-6-9-15)19(26)14-29-20-23-22-18(25(20)21)13-28-17-11-7-10-16(12-17)27-2/h7-8,10-12H,3-6,9,13-14,21H2,1-2H3. The van der Waals surface area contributed by atoms with Gasteiger partial charge < -0.3 is 20.2 Å². The highest BCUT2D eigenvalue weighted by Crippen LogP contribution is 2.23. The molecule has 0 atom stereocenters. The molecule has 0 saturated carbocycles. The number of benzene rings is 1. The second-order valence-electron chi connectivity index (χ2n) is 6.60. The normalized spacial score (nSPS) is 13.7. The van der Waals surface area contributed by atoms with E-state index in [9.17, 15) is 4.79 Å². The van der Waals surface area contributed by atoms with E-state index in [2.05, 4.69) is 16.3 Å². The van der Waals surface area contributed by atoms with Crippen molar-refractivity contribution in [2.75, 3.05) is 25.3 Å². The monoisotopic (exact) mass is 417 g/mol. The molecule has 2 N–H and O–H groups in total. The van der Waals surface area contributed by atoms with Crippen LogP contribution < -0.4 is 15.3 Å². The number of aromatic nitrogens is 3. The average Bonchev–Trinajstić information content (AvgIpc) is 3.11. The van der Waals surface area contributed by atoms with E-state index in [1.807, 2.05) is 30.0 Å². The van der Waals surface area contributed by atoms with Gasteiger partial charge in [-0.05, 0) is 44.7 Å². The zero-order chi connectivity index (χ0) is 20.6. The molecule has 2 aromatic rings. The molecule has 156 valence electrons. The van der Waals surface area contributed by atoms with Gasteiger partial charge in [-0.15, -0.1) is 10.2 Å². The second-order valence-corrected chi connectivity index (χ2v) is 7.55. The van der Waals surface area contributed by atoms with Gasteiger partial charge in [0.25, 0.3) is 0 Å².